The molecule has 5 nitrogen and oxygen atoms in total. The first kappa shape index (κ1) is 17.9. The molecule has 0 aliphatic carbocycles. The Balaban J connectivity index is 1.52. The molecule has 3 rings (SSSR count). The molecule has 0 unspecified atom stereocenters. The monoisotopic (exact) mass is 357 g/mol. The summed E-state index contributed by atoms with van der Waals surface area (Å²) in [5.41, 5.74) is 4.32. The maximum atomic E-state index is 11.9. The van der Waals surface area contributed by atoms with Gasteiger partial charge in [-0.25, -0.2) is 0 Å². The second-order valence-corrected chi connectivity index (χ2v) is 7.30. The zero-order chi connectivity index (χ0) is 17.6. The van der Waals surface area contributed by atoms with Gasteiger partial charge in [0.1, 0.15) is 5.03 Å². The van der Waals surface area contributed by atoms with Gasteiger partial charge in [0.15, 0.2) is 0 Å². The highest BCUT2D eigenvalue weighted by molar-refractivity contribution is 7.99. The predicted molar refractivity (Wildman–Crippen MR) is 99.6 cm³/mol. The van der Waals surface area contributed by atoms with Gasteiger partial charge in [0.25, 0.3) is 0 Å². The lowest BCUT2D eigenvalue weighted by atomic mass is 10.0. The first-order valence-corrected chi connectivity index (χ1v) is 9.53. The van der Waals surface area contributed by atoms with Crippen molar-refractivity contribution in [3.63, 3.8) is 0 Å². The molecule has 6 heteroatoms. The molecule has 0 radical (unpaired) electrons. The first-order valence-electron chi connectivity index (χ1n) is 8.54. The molecule has 1 fully saturated rings. The van der Waals surface area contributed by atoms with Gasteiger partial charge in [-0.3, -0.25) is 4.79 Å². The van der Waals surface area contributed by atoms with Crippen LogP contribution < -0.4 is 5.32 Å². The van der Waals surface area contributed by atoms with E-state index in [1.54, 1.807) is 0 Å². The molecule has 2 heterocycles. The minimum Gasteiger partial charge on any atom is -0.376 e. The standard InChI is InChI=1S/C19H23N3O2S/c1-13-5-6-14(2)16(10-13)17-7-8-19(22-21-17)25-12-18(23)20-11-15-4-3-9-24-15/h5-8,10,15H,3-4,9,11-12H2,1-2H3,(H,20,23)/t15-/m0/s1. The van der Waals surface area contributed by atoms with Crippen molar-refractivity contribution >= 4 is 17.7 Å². The van der Waals surface area contributed by atoms with E-state index in [-0.39, 0.29) is 12.0 Å². The third-order valence-corrected chi connectivity index (χ3v) is 5.13. The average Bonchev–Trinajstić information content (AvgIpc) is 3.14. The zero-order valence-corrected chi connectivity index (χ0v) is 15.4. The summed E-state index contributed by atoms with van der Waals surface area (Å²) < 4.78 is 5.50. The molecule has 1 amide bonds. The van der Waals surface area contributed by atoms with Crippen LogP contribution in [0.1, 0.15) is 24.0 Å². The van der Waals surface area contributed by atoms with Crippen molar-refractivity contribution in [2.24, 2.45) is 0 Å². The largest absolute Gasteiger partial charge is 0.376 e. The van der Waals surface area contributed by atoms with E-state index in [2.05, 4.69) is 47.6 Å². The first-order chi connectivity index (χ1) is 12.1. The number of thioether (sulfide) groups is 1. The van der Waals surface area contributed by atoms with Crippen LogP contribution in [0.15, 0.2) is 35.4 Å². The van der Waals surface area contributed by atoms with E-state index in [0.717, 1.165) is 35.7 Å². The molecule has 25 heavy (non-hydrogen) atoms. The normalized spacial score (nSPS) is 16.8. The third-order valence-electron chi connectivity index (χ3n) is 4.21. The van der Waals surface area contributed by atoms with E-state index in [0.29, 0.717) is 12.3 Å². The molecular weight excluding hydrogens is 334 g/mol. The summed E-state index contributed by atoms with van der Waals surface area (Å²) in [6, 6.07) is 10.2. The number of nitrogens with zero attached hydrogens (tertiary/aromatic N) is 2. The Hall–Kier alpha value is -1.92. The van der Waals surface area contributed by atoms with Crippen LogP contribution in [0.2, 0.25) is 0 Å². The number of carbonyl (C=O) groups is 1. The molecule has 1 aliphatic heterocycles. The van der Waals surface area contributed by atoms with Crippen LogP contribution in [0.25, 0.3) is 11.3 Å². The molecule has 0 spiro atoms. The summed E-state index contributed by atoms with van der Waals surface area (Å²) in [4.78, 5) is 11.9. The topological polar surface area (TPSA) is 64.1 Å². The summed E-state index contributed by atoms with van der Waals surface area (Å²) in [5, 5.41) is 12.2. The van der Waals surface area contributed by atoms with Crippen LogP contribution in [0, 0.1) is 13.8 Å². The number of hydrogen-bond donors (Lipinski definition) is 1. The Morgan fingerprint density at radius 2 is 2.16 bits per heavy atom. The highest BCUT2D eigenvalue weighted by Crippen LogP contribution is 2.23. The minimum atomic E-state index is 0.000838. The number of aromatic nitrogens is 2. The molecule has 1 N–H and O–H groups in total. The van der Waals surface area contributed by atoms with E-state index in [1.807, 2.05) is 12.1 Å². The third kappa shape index (κ3) is 5.03. The average molecular weight is 357 g/mol. The number of ether oxygens (including phenoxy) is 1. The maximum Gasteiger partial charge on any atom is 0.230 e. The van der Waals surface area contributed by atoms with Crippen LogP contribution in [0.3, 0.4) is 0 Å². The van der Waals surface area contributed by atoms with Gasteiger partial charge in [-0.05, 0) is 50.5 Å². The Morgan fingerprint density at radius 3 is 2.88 bits per heavy atom. The van der Waals surface area contributed by atoms with Gasteiger partial charge in [-0.2, -0.15) is 0 Å². The van der Waals surface area contributed by atoms with Gasteiger partial charge in [0.2, 0.25) is 5.91 Å². The summed E-state index contributed by atoms with van der Waals surface area (Å²) >= 11 is 1.40. The van der Waals surface area contributed by atoms with Gasteiger partial charge in [-0.15, -0.1) is 10.2 Å². The number of carbonyl (C=O) groups excluding carboxylic acids is 1. The Labute approximate surface area is 152 Å². The smallest absolute Gasteiger partial charge is 0.230 e. The van der Waals surface area contributed by atoms with E-state index in [9.17, 15) is 4.79 Å². The van der Waals surface area contributed by atoms with Gasteiger partial charge >= 0.3 is 0 Å². The van der Waals surface area contributed by atoms with Gasteiger partial charge in [0.05, 0.1) is 17.6 Å². The fourth-order valence-corrected chi connectivity index (χ4v) is 3.42. The molecular formula is C19H23N3O2S. The van der Waals surface area contributed by atoms with Crippen molar-refractivity contribution in [2.45, 2.75) is 37.8 Å². The van der Waals surface area contributed by atoms with Crippen molar-refractivity contribution in [2.75, 3.05) is 18.9 Å². The summed E-state index contributed by atoms with van der Waals surface area (Å²) in [7, 11) is 0. The van der Waals surface area contributed by atoms with Gasteiger partial charge in [-0.1, -0.05) is 29.5 Å². The van der Waals surface area contributed by atoms with Crippen molar-refractivity contribution in [1.29, 1.82) is 0 Å². The van der Waals surface area contributed by atoms with E-state index >= 15 is 0 Å². The van der Waals surface area contributed by atoms with Crippen LogP contribution >= 0.6 is 11.8 Å². The van der Waals surface area contributed by atoms with Crippen molar-refractivity contribution in [3.8, 4) is 11.3 Å². The Kier molecular flexibility index (Phi) is 6.04. The lowest BCUT2D eigenvalue weighted by molar-refractivity contribution is -0.119. The van der Waals surface area contributed by atoms with Crippen LogP contribution in [-0.4, -0.2) is 41.1 Å². The minimum absolute atomic E-state index is 0.000838. The fourth-order valence-electron chi connectivity index (χ4n) is 2.78. The van der Waals surface area contributed by atoms with Crippen LogP contribution in [0.4, 0.5) is 0 Å². The maximum absolute atomic E-state index is 11.9. The molecule has 1 aromatic heterocycles. The Morgan fingerprint density at radius 1 is 1.28 bits per heavy atom. The highest BCUT2D eigenvalue weighted by Gasteiger charge is 2.16. The van der Waals surface area contributed by atoms with E-state index < -0.39 is 0 Å². The van der Waals surface area contributed by atoms with Gasteiger partial charge < -0.3 is 10.1 Å². The number of amides is 1. The molecule has 1 aromatic carbocycles. The molecule has 1 atom stereocenters. The summed E-state index contributed by atoms with van der Waals surface area (Å²) in [5.74, 6) is 0.338. The van der Waals surface area contributed by atoms with E-state index in [1.165, 1.54) is 22.9 Å². The second-order valence-electron chi connectivity index (χ2n) is 6.30. The molecule has 0 bridgehead atoms. The van der Waals surface area contributed by atoms with Crippen molar-refractivity contribution in [1.82, 2.24) is 15.5 Å². The lowest BCUT2D eigenvalue weighted by Crippen LogP contribution is -2.32. The van der Waals surface area contributed by atoms with Gasteiger partial charge in [0, 0.05) is 18.7 Å². The number of benzene rings is 1. The summed E-state index contributed by atoms with van der Waals surface area (Å²) in [6.45, 7) is 5.53. The fraction of sp³-hybridized carbons (Fsp3) is 0.421. The predicted octanol–water partition coefficient (Wildman–Crippen LogP) is 3.15. The SMILES string of the molecule is Cc1ccc(C)c(-c2ccc(SCC(=O)NC[C@@H]3CCCO3)nn2)c1. The zero-order valence-electron chi connectivity index (χ0n) is 14.6. The number of rotatable bonds is 6. The molecule has 132 valence electrons. The molecule has 1 aliphatic rings. The lowest BCUT2D eigenvalue weighted by Gasteiger charge is -2.10. The quantitative estimate of drug-likeness (QED) is 0.805. The molecule has 2 aromatic rings. The van der Waals surface area contributed by atoms with Crippen molar-refractivity contribution in [3.05, 3.63) is 41.5 Å². The molecule has 0 saturated carbocycles. The second kappa shape index (κ2) is 8.45. The van der Waals surface area contributed by atoms with Crippen LogP contribution in [0.5, 0.6) is 0 Å². The molecule has 1 saturated heterocycles. The van der Waals surface area contributed by atoms with Crippen molar-refractivity contribution < 1.29 is 9.53 Å². The number of hydrogen-bond acceptors (Lipinski definition) is 5. The highest BCUT2D eigenvalue weighted by atomic mass is 32.2. The van der Waals surface area contributed by atoms with Crippen LogP contribution in [-0.2, 0) is 9.53 Å². The summed E-state index contributed by atoms with van der Waals surface area (Å²) in [6.07, 6.45) is 2.28. The number of nitrogens with one attached hydrogen (secondary N) is 1. The number of aryl methyl sites for hydroxylation is 2. The Bertz CT molecular complexity index is 728. The van der Waals surface area contributed by atoms with E-state index in [4.69, 9.17) is 4.74 Å².